The fourth-order valence-electron chi connectivity index (χ4n) is 2.68. The average molecular weight is 305 g/mol. The predicted octanol–water partition coefficient (Wildman–Crippen LogP) is 7.47. The number of unbranched alkanes of at least 4 members (excludes halogenated alkanes) is 14. The summed E-state index contributed by atoms with van der Waals surface area (Å²) < 4.78 is 12.4. The molecule has 2 heteroatoms. The number of hydrogen-bond acceptors (Lipinski definition) is 1. The summed E-state index contributed by atoms with van der Waals surface area (Å²) in [6.07, 6.45) is 21.0. The molecule has 0 heterocycles. The van der Waals surface area contributed by atoms with Crippen LogP contribution < -0.4 is 0 Å². The normalized spacial score (nSPS) is 12.8. The van der Waals surface area contributed by atoms with Crippen LogP contribution in [0.25, 0.3) is 0 Å². The third-order valence-electron chi connectivity index (χ3n) is 4.05. The van der Waals surface area contributed by atoms with Gasteiger partial charge in [0.05, 0.1) is 0 Å². The topological polar surface area (TPSA) is 0 Å². The van der Waals surface area contributed by atoms with Crippen LogP contribution in [0.1, 0.15) is 110 Å². The van der Waals surface area contributed by atoms with Crippen LogP contribution >= 0.6 is 12.6 Å². The van der Waals surface area contributed by atoms with Crippen molar-refractivity contribution >= 4 is 12.6 Å². The fraction of sp³-hybridized carbons (Fsp3) is 1.00. The molecular weight excluding hydrogens is 267 g/mol. The summed E-state index contributed by atoms with van der Waals surface area (Å²) in [5.74, 6) is 0. The molecule has 0 spiro atoms. The van der Waals surface area contributed by atoms with Crippen molar-refractivity contribution in [3.05, 3.63) is 0 Å². The highest BCUT2D eigenvalue weighted by Gasteiger charge is 1.98. The number of halogens is 1. The molecule has 0 aromatic rings. The van der Waals surface area contributed by atoms with Gasteiger partial charge < -0.3 is 0 Å². The predicted molar refractivity (Wildman–Crippen MR) is 93.4 cm³/mol. The Morgan fingerprint density at radius 1 is 0.600 bits per heavy atom. The van der Waals surface area contributed by atoms with E-state index in [0.717, 1.165) is 6.42 Å². The molecule has 0 aliphatic heterocycles. The maximum absolute atomic E-state index is 12.4. The Bertz CT molecular complexity index is 171. The quantitative estimate of drug-likeness (QED) is 0.222. The van der Waals surface area contributed by atoms with Gasteiger partial charge in [-0.25, -0.2) is 4.39 Å². The van der Waals surface area contributed by atoms with Crippen molar-refractivity contribution in [3.8, 4) is 0 Å². The van der Waals surface area contributed by atoms with Crippen molar-refractivity contribution in [2.45, 2.75) is 115 Å². The molecule has 0 fully saturated rings. The first kappa shape index (κ1) is 20.3. The Balaban J connectivity index is 2.92. The molecule has 0 N–H and O–H groups in total. The lowest BCUT2D eigenvalue weighted by Crippen LogP contribution is -1.88. The molecule has 0 aliphatic carbocycles. The minimum atomic E-state index is -0.906. The van der Waals surface area contributed by atoms with E-state index in [1.807, 2.05) is 0 Å². The second kappa shape index (κ2) is 17.3. The Labute approximate surface area is 132 Å². The molecule has 0 radical (unpaired) electrons. The van der Waals surface area contributed by atoms with E-state index < -0.39 is 5.50 Å². The molecule has 0 saturated carbocycles. The lowest BCUT2D eigenvalue weighted by molar-refractivity contribution is 0.413. The molecule has 0 aromatic heterocycles. The fourth-order valence-corrected chi connectivity index (χ4v) is 2.87. The van der Waals surface area contributed by atoms with Gasteiger partial charge in [0, 0.05) is 0 Å². The lowest BCUT2D eigenvalue weighted by atomic mass is 10.0. The number of rotatable bonds is 16. The van der Waals surface area contributed by atoms with Gasteiger partial charge in [-0.05, 0) is 12.8 Å². The molecule has 1 atom stereocenters. The second-order valence-electron chi connectivity index (χ2n) is 6.17. The minimum absolute atomic E-state index is 0.626. The van der Waals surface area contributed by atoms with E-state index >= 15 is 0 Å². The van der Waals surface area contributed by atoms with Gasteiger partial charge in [0.25, 0.3) is 0 Å². The Hall–Kier alpha value is 0.280. The summed E-state index contributed by atoms with van der Waals surface area (Å²) in [5.41, 5.74) is -0.906. The van der Waals surface area contributed by atoms with E-state index in [2.05, 4.69) is 19.6 Å². The van der Waals surface area contributed by atoms with E-state index in [1.54, 1.807) is 0 Å². The van der Waals surface area contributed by atoms with Crippen LogP contribution in [0, 0.1) is 0 Å². The monoisotopic (exact) mass is 304 g/mol. The molecule has 0 aliphatic rings. The van der Waals surface area contributed by atoms with Gasteiger partial charge >= 0.3 is 0 Å². The molecule has 0 amide bonds. The number of alkyl halides is 1. The van der Waals surface area contributed by atoms with Crippen molar-refractivity contribution in [1.29, 1.82) is 0 Å². The van der Waals surface area contributed by atoms with Gasteiger partial charge in [-0.2, -0.15) is 0 Å². The highest BCUT2D eigenvalue weighted by atomic mass is 32.1. The molecule has 0 saturated heterocycles. The molecule has 0 aromatic carbocycles. The first-order valence-corrected chi connectivity index (χ1v) is 9.61. The van der Waals surface area contributed by atoms with Gasteiger partial charge in [-0.3, -0.25) is 0 Å². The minimum Gasteiger partial charge on any atom is -0.236 e. The van der Waals surface area contributed by atoms with Crippen LogP contribution in [0.3, 0.4) is 0 Å². The van der Waals surface area contributed by atoms with Crippen molar-refractivity contribution in [2.24, 2.45) is 0 Å². The van der Waals surface area contributed by atoms with E-state index in [-0.39, 0.29) is 0 Å². The maximum atomic E-state index is 12.4. The summed E-state index contributed by atoms with van der Waals surface area (Å²) in [6, 6.07) is 0. The van der Waals surface area contributed by atoms with Gasteiger partial charge in [0.1, 0.15) is 5.50 Å². The van der Waals surface area contributed by atoms with Crippen molar-refractivity contribution in [2.75, 3.05) is 0 Å². The highest BCUT2D eigenvalue weighted by Crippen LogP contribution is 2.14. The first-order chi connectivity index (χ1) is 9.77. The molecule has 0 bridgehead atoms. The molecule has 0 nitrogen and oxygen atoms in total. The Morgan fingerprint density at radius 2 is 0.900 bits per heavy atom. The third kappa shape index (κ3) is 18.3. The average Bonchev–Trinajstić information content (AvgIpc) is 2.43. The van der Waals surface area contributed by atoms with Gasteiger partial charge in [0.2, 0.25) is 0 Å². The van der Waals surface area contributed by atoms with E-state index in [0.29, 0.717) is 6.42 Å². The van der Waals surface area contributed by atoms with Crippen LogP contribution in [0.4, 0.5) is 4.39 Å². The Morgan fingerprint density at radius 3 is 1.20 bits per heavy atom. The summed E-state index contributed by atoms with van der Waals surface area (Å²) in [4.78, 5) is 0. The van der Waals surface area contributed by atoms with Gasteiger partial charge in [-0.1, -0.05) is 96.8 Å². The zero-order chi connectivity index (χ0) is 14.9. The lowest BCUT2D eigenvalue weighted by Gasteiger charge is -2.03. The summed E-state index contributed by atoms with van der Waals surface area (Å²) in [5, 5.41) is 0. The molecule has 1 unspecified atom stereocenters. The van der Waals surface area contributed by atoms with E-state index in [1.165, 1.54) is 89.9 Å². The SMILES string of the molecule is CCCCCCCCCCCCCCCCCC(F)S. The van der Waals surface area contributed by atoms with Gasteiger partial charge in [-0.15, -0.1) is 12.6 Å². The number of hydrogen-bond donors (Lipinski definition) is 1. The first-order valence-electron chi connectivity index (χ1n) is 9.09. The van der Waals surface area contributed by atoms with Crippen LogP contribution in [0.2, 0.25) is 0 Å². The smallest absolute Gasteiger partial charge is 0.143 e. The van der Waals surface area contributed by atoms with Crippen LogP contribution in [-0.2, 0) is 0 Å². The molecule has 20 heavy (non-hydrogen) atoms. The highest BCUT2D eigenvalue weighted by molar-refractivity contribution is 7.80. The van der Waals surface area contributed by atoms with E-state index in [9.17, 15) is 4.39 Å². The van der Waals surface area contributed by atoms with Crippen molar-refractivity contribution in [1.82, 2.24) is 0 Å². The van der Waals surface area contributed by atoms with Crippen molar-refractivity contribution in [3.63, 3.8) is 0 Å². The zero-order valence-corrected chi connectivity index (χ0v) is 14.6. The summed E-state index contributed by atoms with van der Waals surface area (Å²) in [6.45, 7) is 2.28. The molecular formula is C18H37FS. The van der Waals surface area contributed by atoms with Crippen LogP contribution in [0.15, 0.2) is 0 Å². The van der Waals surface area contributed by atoms with Crippen molar-refractivity contribution < 1.29 is 4.39 Å². The maximum Gasteiger partial charge on any atom is 0.143 e. The second-order valence-corrected chi connectivity index (χ2v) is 6.73. The molecule has 122 valence electrons. The Kier molecular flexibility index (Phi) is 17.6. The zero-order valence-electron chi connectivity index (χ0n) is 13.7. The van der Waals surface area contributed by atoms with Crippen LogP contribution in [0.5, 0.6) is 0 Å². The standard InChI is InChI=1S/C18H37FS/c1-2-3-4-5-6-7-8-9-10-11-12-13-14-15-16-17-18(19)20/h18,20H,2-17H2,1H3. The summed E-state index contributed by atoms with van der Waals surface area (Å²) in [7, 11) is 0. The third-order valence-corrected chi connectivity index (χ3v) is 4.30. The van der Waals surface area contributed by atoms with E-state index in [4.69, 9.17) is 0 Å². The number of thiol groups is 1. The largest absolute Gasteiger partial charge is 0.236 e. The molecule has 0 rings (SSSR count). The van der Waals surface area contributed by atoms with Crippen LogP contribution in [-0.4, -0.2) is 5.50 Å². The summed E-state index contributed by atoms with van der Waals surface area (Å²) >= 11 is 3.75. The van der Waals surface area contributed by atoms with Gasteiger partial charge in [0.15, 0.2) is 0 Å².